The molecule has 0 atom stereocenters. The Balaban J connectivity index is 1.48. The van der Waals surface area contributed by atoms with Crippen LogP contribution in [0.1, 0.15) is 6.85 Å². The van der Waals surface area contributed by atoms with E-state index in [4.69, 9.17) is 21.8 Å². The first-order chi connectivity index (χ1) is 20.4. The minimum absolute atomic E-state index is 0.0155. The Bertz CT molecular complexity index is 2120. The second-order valence-electron chi connectivity index (χ2n) is 8.37. The van der Waals surface area contributed by atoms with Crippen molar-refractivity contribution >= 4 is 35.1 Å². The van der Waals surface area contributed by atoms with Crippen LogP contribution in [0.15, 0.2) is 121 Å². The second kappa shape index (κ2) is 9.21. The van der Waals surface area contributed by atoms with Gasteiger partial charge in [-0.15, -0.1) is 0 Å². The van der Waals surface area contributed by atoms with Crippen molar-refractivity contribution in [2.24, 2.45) is 0 Å². The van der Waals surface area contributed by atoms with E-state index in [1.54, 1.807) is 0 Å². The zero-order valence-electron chi connectivity index (χ0n) is 24.4. The molecule has 0 unspecified atom stereocenters. The predicted molar refractivity (Wildman–Crippen MR) is 151 cm³/mol. The fourth-order valence-corrected chi connectivity index (χ4v) is 6.41. The van der Waals surface area contributed by atoms with E-state index in [0.29, 0.717) is 11.6 Å². The number of benzene rings is 5. The number of nitrogens with zero attached hydrogens (tertiary/aromatic N) is 4. The maximum absolute atomic E-state index is 8.54. The Morgan fingerprint density at radius 1 is 0.514 bits per heavy atom. The fourth-order valence-electron chi connectivity index (χ4n) is 4.33. The number of rotatable bonds is 4. The third-order valence-electron chi connectivity index (χ3n) is 6.07. The third-order valence-corrected chi connectivity index (χ3v) is 8.31. The molecule has 37 heavy (non-hydrogen) atoms. The van der Waals surface area contributed by atoms with Crippen LogP contribution in [0.4, 0.5) is 0 Å². The molecule has 2 aromatic heterocycles. The van der Waals surface area contributed by atoms with E-state index in [1.165, 1.54) is 4.26 Å². The molecular formula is C32H20N4Se. The van der Waals surface area contributed by atoms with Gasteiger partial charge in [0.1, 0.15) is 0 Å². The first-order valence-electron chi connectivity index (χ1n) is 14.2. The predicted octanol–water partition coefficient (Wildman–Crippen LogP) is 7.30. The SMILES string of the molecule is [2H]c1c([2H])c([2H])c(-c2nc(-c3ccccc3)nc(-c3cccc4c3ccc3[se]c(-c5ccccc5)nc34)n2)c([2H])c1[2H]. The van der Waals surface area contributed by atoms with Crippen LogP contribution in [0.2, 0.25) is 0 Å². The summed E-state index contributed by atoms with van der Waals surface area (Å²) in [6.45, 7) is 0. The Labute approximate surface area is 227 Å². The van der Waals surface area contributed by atoms with Gasteiger partial charge in [0.25, 0.3) is 0 Å². The molecule has 4 nitrogen and oxygen atoms in total. The molecule has 0 saturated carbocycles. The van der Waals surface area contributed by atoms with Crippen LogP contribution >= 0.6 is 0 Å². The molecule has 7 aromatic rings. The molecule has 0 radical (unpaired) electrons. The number of hydrogen-bond acceptors (Lipinski definition) is 4. The second-order valence-corrected chi connectivity index (χ2v) is 10.5. The van der Waals surface area contributed by atoms with Gasteiger partial charge in [0.05, 0.1) is 1.37 Å². The summed E-state index contributed by atoms with van der Waals surface area (Å²) in [5, 5.41) is 1.88. The van der Waals surface area contributed by atoms with Gasteiger partial charge in [0.15, 0.2) is 0 Å². The first-order valence-corrected chi connectivity index (χ1v) is 13.4. The monoisotopic (exact) mass is 545 g/mol. The van der Waals surface area contributed by atoms with Crippen LogP contribution in [0.5, 0.6) is 0 Å². The topological polar surface area (TPSA) is 51.6 Å². The normalized spacial score (nSPS) is 13.1. The molecule has 0 N–H and O–H groups in total. The summed E-state index contributed by atoms with van der Waals surface area (Å²) < 4.78 is 43.7. The zero-order chi connectivity index (χ0) is 29.0. The molecule has 0 saturated heterocycles. The third kappa shape index (κ3) is 4.05. The van der Waals surface area contributed by atoms with Gasteiger partial charge in [-0.25, -0.2) is 0 Å². The van der Waals surface area contributed by atoms with E-state index in [1.807, 2.05) is 66.7 Å². The van der Waals surface area contributed by atoms with Crippen LogP contribution in [-0.4, -0.2) is 34.4 Å². The van der Waals surface area contributed by atoms with Crippen LogP contribution in [0.25, 0.3) is 64.8 Å². The van der Waals surface area contributed by atoms with Gasteiger partial charge in [0.2, 0.25) is 0 Å². The molecular weight excluding hydrogens is 519 g/mol. The van der Waals surface area contributed by atoms with Crippen LogP contribution in [0.3, 0.4) is 0 Å². The molecule has 0 bridgehead atoms. The molecule has 5 aromatic carbocycles. The molecule has 0 spiro atoms. The number of fused-ring (bicyclic) bond motifs is 3. The van der Waals surface area contributed by atoms with Gasteiger partial charge in [-0.3, -0.25) is 0 Å². The summed E-state index contributed by atoms with van der Waals surface area (Å²) >= 11 is 0.0721. The van der Waals surface area contributed by atoms with Crippen molar-refractivity contribution in [1.29, 1.82) is 0 Å². The van der Waals surface area contributed by atoms with Crippen molar-refractivity contribution in [3.8, 4) is 44.3 Å². The molecule has 0 aliphatic heterocycles. The first kappa shape index (κ1) is 17.1. The standard InChI is InChI=1S/C32H20N4Se/c1-4-11-21(12-5-1)29-34-30(22-13-6-2-7-14-22)36-31(35-29)26-18-10-17-25-24(26)19-20-27-28(25)33-32(37-27)23-15-8-3-9-16-23/h1-20H/i1D,4D,5D,11D,12D. The fraction of sp³-hybridized carbons (Fsp3) is 0. The van der Waals surface area contributed by atoms with E-state index < -0.39 is 18.1 Å². The molecule has 0 fully saturated rings. The van der Waals surface area contributed by atoms with Gasteiger partial charge in [-0.05, 0) is 0 Å². The molecule has 174 valence electrons. The van der Waals surface area contributed by atoms with E-state index in [0.717, 1.165) is 37.5 Å². The summed E-state index contributed by atoms with van der Waals surface area (Å²) in [4.78, 5) is 19.2. The summed E-state index contributed by atoms with van der Waals surface area (Å²) in [7, 11) is 0. The van der Waals surface area contributed by atoms with Gasteiger partial charge in [-0.1, -0.05) is 0 Å². The van der Waals surface area contributed by atoms with Crippen molar-refractivity contribution < 1.29 is 6.85 Å². The molecule has 5 heteroatoms. The number of hydrogen-bond donors (Lipinski definition) is 0. The Morgan fingerprint density at radius 3 is 1.95 bits per heavy atom. The van der Waals surface area contributed by atoms with Crippen molar-refractivity contribution in [1.82, 2.24) is 19.9 Å². The summed E-state index contributed by atoms with van der Waals surface area (Å²) in [6, 6.07) is 27.6. The Kier molecular flexibility index (Phi) is 4.26. The van der Waals surface area contributed by atoms with Gasteiger partial charge in [0, 0.05) is 0 Å². The van der Waals surface area contributed by atoms with Crippen molar-refractivity contribution in [3.63, 3.8) is 0 Å². The number of aromatic nitrogens is 4. The van der Waals surface area contributed by atoms with E-state index >= 15 is 0 Å². The summed E-state index contributed by atoms with van der Waals surface area (Å²) in [5.41, 5.74) is 3.44. The van der Waals surface area contributed by atoms with Crippen molar-refractivity contribution in [2.75, 3.05) is 0 Å². The van der Waals surface area contributed by atoms with E-state index in [9.17, 15) is 0 Å². The molecule has 7 rings (SSSR count). The minimum atomic E-state index is -0.466. The zero-order valence-corrected chi connectivity index (χ0v) is 21.1. The van der Waals surface area contributed by atoms with Crippen LogP contribution < -0.4 is 0 Å². The van der Waals surface area contributed by atoms with Gasteiger partial charge >= 0.3 is 226 Å². The summed E-state index contributed by atoms with van der Waals surface area (Å²) in [5.74, 6) is 0.696. The Hall–Kier alpha value is -4.44. The van der Waals surface area contributed by atoms with Crippen LogP contribution in [-0.2, 0) is 0 Å². The molecule has 2 heterocycles. The summed E-state index contributed by atoms with van der Waals surface area (Å²) in [6.07, 6.45) is 0. The van der Waals surface area contributed by atoms with Crippen LogP contribution in [0, 0.1) is 0 Å². The average Bonchev–Trinajstić information content (AvgIpc) is 3.49. The van der Waals surface area contributed by atoms with Crippen molar-refractivity contribution in [3.05, 3.63) is 121 Å². The van der Waals surface area contributed by atoms with E-state index in [-0.39, 0.29) is 38.0 Å². The Morgan fingerprint density at radius 2 is 1.19 bits per heavy atom. The molecule has 0 aliphatic carbocycles. The quantitative estimate of drug-likeness (QED) is 0.218. The van der Waals surface area contributed by atoms with Gasteiger partial charge < -0.3 is 0 Å². The maximum atomic E-state index is 8.54. The van der Waals surface area contributed by atoms with Crippen molar-refractivity contribution in [2.45, 2.75) is 0 Å². The molecule has 0 aliphatic rings. The van der Waals surface area contributed by atoms with Gasteiger partial charge in [-0.2, -0.15) is 0 Å². The molecule has 0 amide bonds. The average molecular weight is 545 g/mol. The van der Waals surface area contributed by atoms with E-state index in [2.05, 4.69) is 29.2 Å².